The van der Waals surface area contributed by atoms with Gasteiger partial charge in [-0.15, -0.1) is 0 Å². The molecular weight excluding hydrogens is 228 g/mol. The van der Waals surface area contributed by atoms with Gasteiger partial charge in [0, 0.05) is 31.5 Å². The van der Waals surface area contributed by atoms with Gasteiger partial charge in [0.15, 0.2) is 0 Å². The summed E-state index contributed by atoms with van der Waals surface area (Å²) < 4.78 is 5.17. The fourth-order valence-electron chi connectivity index (χ4n) is 1.37. The Kier molecular flexibility index (Phi) is 6.58. The van der Waals surface area contributed by atoms with Crippen molar-refractivity contribution in [3.05, 3.63) is 35.9 Å². The van der Waals surface area contributed by atoms with E-state index in [2.05, 4.69) is 5.32 Å². The molecule has 18 heavy (non-hydrogen) atoms. The van der Waals surface area contributed by atoms with E-state index in [1.54, 1.807) is 18.2 Å². The molecule has 0 bridgehead atoms. The molecule has 1 rings (SSSR count). The summed E-state index contributed by atoms with van der Waals surface area (Å²) in [6, 6.07) is 7.35. The third kappa shape index (κ3) is 6.06. The van der Waals surface area contributed by atoms with Crippen molar-refractivity contribution in [1.29, 1.82) is 0 Å². The summed E-state index contributed by atoms with van der Waals surface area (Å²) in [6.45, 7) is 3.97. The molecule has 0 heterocycles. The number of carbonyl (C=O) groups excluding carboxylic acids is 1. The summed E-state index contributed by atoms with van der Waals surface area (Å²) in [5.74, 6) is -0.0941. The number of carbonyl (C=O) groups is 1. The van der Waals surface area contributed by atoms with Gasteiger partial charge in [0.25, 0.3) is 0 Å². The second-order valence-electron chi connectivity index (χ2n) is 3.84. The molecular formula is C14H20N2O2. The lowest BCUT2D eigenvalue weighted by Crippen LogP contribution is -2.23. The molecule has 1 aromatic carbocycles. The fourth-order valence-corrected chi connectivity index (χ4v) is 1.37. The lowest BCUT2D eigenvalue weighted by Gasteiger charge is -2.02. The normalized spacial score (nSPS) is 10.7. The third-order valence-electron chi connectivity index (χ3n) is 2.33. The molecule has 4 nitrogen and oxygen atoms in total. The predicted octanol–water partition coefficient (Wildman–Crippen LogP) is 1.82. The van der Waals surface area contributed by atoms with Crippen LogP contribution in [0, 0.1) is 0 Å². The SMILES string of the molecule is CCOCCCNC(=O)/C=C/c1ccc(N)cc1. The van der Waals surface area contributed by atoms with Crippen molar-refractivity contribution < 1.29 is 9.53 Å². The van der Waals surface area contributed by atoms with E-state index in [-0.39, 0.29) is 5.91 Å². The van der Waals surface area contributed by atoms with Gasteiger partial charge < -0.3 is 15.8 Å². The molecule has 0 fully saturated rings. The Morgan fingerprint density at radius 3 is 2.78 bits per heavy atom. The van der Waals surface area contributed by atoms with Crippen molar-refractivity contribution in [3.63, 3.8) is 0 Å². The summed E-state index contributed by atoms with van der Waals surface area (Å²) in [5, 5.41) is 2.79. The standard InChI is InChI=1S/C14H20N2O2/c1-2-18-11-3-10-16-14(17)9-6-12-4-7-13(15)8-5-12/h4-9H,2-3,10-11,15H2,1H3,(H,16,17)/b9-6+. The van der Waals surface area contributed by atoms with E-state index in [0.717, 1.165) is 12.0 Å². The van der Waals surface area contributed by atoms with E-state index >= 15 is 0 Å². The molecule has 4 heteroatoms. The largest absolute Gasteiger partial charge is 0.399 e. The number of hydrogen-bond acceptors (Lipinski definition) is 3. The highest BCUT2D eigenvalue weighted by molar-refractivity contribution is 5.91. The molecule has 0 saturated heterocycles. The van der Waals surface area contributed by atoms with E-state index in [1.807, 2.05) is 19.1 Å². The second kappa shape index (κ2) is 8.31. The molecule has 0 aromatic heterocycles. The smallest absolute Gasteiger partial charge is 0.244 e. The van der Waals surface area contributed by atoms with Crippen LogP contribution in [0.2, 0.25) is 0 Å². The van der Waals surface area contributed by atoms with E-state index in [4.69, 9.17) is 10.5 Å². The minimum absolute atomic E-state index is 0.0941. The molecule has 0 aliphatic heterocycles. The van der Waals surface area contributed by atoms with Gasteiger partial charge in [-0.2, -0.15) is 0 Å². The van der Waals surface area contributed by atoms with Crippen molar-refractivity contribution in [2.75, 3.05) is 25.5 Å². The first-order chi connectivity index (χ1) is 8.72. The number of ether oxygens (including phenoxy) is 1. The number of nitrogen functional groups attached to an aromatic ring is 1. The van der Waals surface area contributed by atoms with Crippen molar-refractivity contribution in [2.24, 2.45) is 0 Å². The first-order valence-corrected chi connectivity index (χ1v) is 6.11. The maximum atomic E-state index is 11.5. The number of rotatable bonds is 7. The van der Waals surface area contributed by atoms with Crippen LogP contribution in [0.15, 0.2) is 30.3 Å². The Labute approximate surface area is 108 Å². The monoisotopic (exact) mass is 248 g/mol. The Hall–Kier alpha value is -1.81. The topological polar surface area (TPSA) is 64.3 Å². The molecule has 0 saturated carbocycles. The Morgan fingerprint density at radius 1 is 1.39 bits per heavy atom. The average molecular weight is 248 g/mol. The van der Waals surface area contributed by atoms with Crippen LogP contribution in [0.5, 0.6) is 0 Å². The minimum atomic E-state index is -0.0941. The second-order valence-corrected chi connectivity index (χ2v) is 3.84. The average Bonchev–Trinajstić information content (AvgIpc) is 2.38. The summed E-state index contributed by atoms with van der Waals surface area (Å²) in [5.41, 5.74) is 7.24. The van der Waals surface area contributed by atoms with Crippen molar-refractivity contribution >= 4 is 17.7 Å². The molecule has 0 aliphatic carbocycles. The van der Waals surface area contributed by atoms with Gasteiger partial charge in [-0.25, -0.2) is 0 Å². The van der Waals surface area contributed by atoms with Crippen LogP contribution in [0.1, 0.15) is 18.9 Å². The summed E-state index contributed by atoms with van der Waals surface area (Å²) in [7, 11) is 0. The van der Waals surface area contributed by atoms with Crippen LogP contribution in [-0.4, -0.2) is 25.7 Å². The highest BCUT2D eigenvalue weighted by Gasteiger charge is 1.94. The van der Waals surface area contributed by atoms with Gasteiger partial charge in [-0.05, 0) is 37.1 Å². The van der Waals surface area contributed by atoms with Gasteiger partial charge >= 0.3 is 0 Å². The first-order valence-electron chi connectivity index (χ1n) is 6.11. The number of amides is 1. The third-order valence-corrected chi connectivity index (χ3v) is 2.33. The number of anilines is 1. The van der Waals surface area contributed by atoms with Gasteiger partial charge in [-0.3, -0.25) is 4.79 Å². The lowest BCUT2D eigenvalue weighted by molar-refractivity contribution is -0.116. The highest BCUT2D eigenvalue weighted by Crippen LogP contribution is 2.06. The van der Waals surface area contributed by atoms with E-state index in [1.165, 1.54) is 6.08 Å². The van der Waals surface area contributed by atoms with Crippen LogP contribution in [0.4, 0.5) is 5.69 Å². The summed E-state index contributed by atoms with van der Waals surface area (Å²) in [6.07, 6.45) is 4.11. The van der Waals surface area contributed by atoms with E-state index in [0.29, 0.717) is 25.4 Å². The van der Waals surface area contributed by atoms with Crippen LogP contribution in [0.3, 0.4) is 0 Å². The number of nitrogens with two attached hydrogens (primary N) is 1. The zero-order valence-corrected chi connectivity index (χ0v) is 10.7. The minimum Gasteiger partial charge on any atom is -0.399 e. The van der Waals surface area contributed by atoms with Crippen molar-refractivity contribution in [1.82, 2.24) is 5.32 Å². The fraction of sp³-hybridized carbons (Fsp3) is 0.357. The van der Waals surface area contributed by atoms with Crippen LogP contribution in [0.25, 0.3) is 6.08 Å². The molecule has 0 radical (unpaired) electrons. The molecule has 0 atom stereocenters. The molecule has 3 N–H and O–H groups in total. The summed E-state index contributed by atoms with van der Waals surface area (Å²) >= 11 is 0. The van der Waals surface area contributed by atoms with Crippen LogP contribution in [-0.2, 0) is 9.53 Å². The Balaban J connectivity index is 2.25. The number of nitrogens with one attached hydrogen (secondary N) is 1. The zero-order valence-electron chi connectivity index (χ0n) is 10.7. The maximum absolute atomic E-state index is 11.5. The van der Waals surface area contributed by atoms with Gasteiger partial charge in [0.2, 0.25) is 5.91 Å². The molecule has 98 valence electrons. The quantitative estimate of drug-likeness (QED) is 0.439. The highest BCUT2D eigenvalue weighted by atomic mass is 16.5. The molecule has 1 aromatic rings. The van der Waals surface area contributed by atoms with Crippen molar-refractivity contribution in [2.45, 2.75) is 13.3 Å². The molecule has 0 unspecified atom stereocenters. The van der Waals surface area contributed by atoms with Crippen LogP contribution < -0.4 is 11.1 Å². The number of benzene rings is 1. The first kappa shape index (κ1) is 14.3. The lowest BCUT2D eigenvalue weighted by atomic mass is 10.2. The molecule has 0 spiro atoms. The van der Waals surface area contributed by atoms with E-state index in [9.17, 15) is 4.79 Å². The van der Waals surface area contributed by atoms with Crippen molar-refractivity contribution in [3.8, 4) is 0 Å². The Bertz CT molecular complexity index is 385. The summed E-state index contributed by atoms with van der Waals surface area (Å²) in [4.78, 5) is 11.5. The van der Waals surface area contributed by atoms with Crippen LogP contribution >= 0.6 is 0 Å². The zero-order chi connectivity index (χ0) is 13.2. The molecule has 1 amide bonds. The van der Waals surface area contributed by atoms with Gasteiger partial charge in [0.05, 0.1) is 0 Å². The number of hydrogen-bond donors (Lipinski definition) is 2. The van der Waals surface area contributed by atoms with Gasteiger partial charge in [-0.1, -0.05) is 12.1 Å². The predicted molar refractivity (Wildman–Crippen MR) is 74.0 cm³/mol. The van der Waals surface area contributed by atoms with Gasteiger partial charge in [0.1, 0.15) is 0 Å². The molecule has 0 aliphatic rings. The maximum Gasteiger partial charge on any atom is 0.244 e. The van der Waals surface area contributed by atoms with E-state index < -0.39 is 0 Å². The Morgan fingerprint density at radius 2 is 2.11 bits per heavy atom.